The van der Waals surface area contributed by atoms with E-state index in [1.54, 1.807) is 12.1 Å². The topological polar surface area (TPSA) is 38.3 Å². The van der Waals surface area contributed by atoms with Crippen LogP contribution in [0.2, 0.25) is 4.34 Å². The summed E-state index contributed by atoms with van der Waals surface area (Å²) in [6.45, 7) is -1.43. The molecule has 1 amide bonds. The van der Waals surface area contributed by atoms with Crippen LogP contribution in [0.4, 0.5) is 18.9 Å². The van der Waals surface area contributed by atoms with Gasteiger partial charge in [-0.1, -0.05) is 23.7 Å². The van der Waals surface area contributed by atoms with Gasteiger partial charge in [-0.05, 0) is 24.3 Å². The van der Waals surface area contributed by atoms with E-state index in [9.17, 15) is 18.0 Å². The predicted molar refractivity (Wildman–Crippen MR) is 75.3 cm³/mol. The van der Waals surface area contributed by atoms with Crippen LogP contribution in [0.3, 0.4) is 0 Å². The van der Waals surface area contributed by atoms with Gasteiger partial charge in [-0.2, -0.15) is 13.2 Å². The highest BCUT2D eigenvalue weighted by atomic mass is 35.5. The average Bonchev–Trinajstić information content (AvgIpc) is 2.83. The third-order valence-electron chi connectivity index (χ3n) is 2.32. The summed E-state index contributed by atoms with van der Waals surface area (Å²) in [5.41, 5.74) is 0.163. The summed E-state index contributed by atoms with van der Waals surface area (Å²) in [7, 11) is 0. The molecule has 0 radical (unpaired) electrons. The van der Waals surface area contributed by atoms with Crippen molar-refractivity contribution in [3.63, 3.8) is 0 Å². The van der Waals surface area contributed by atoms with Gasteiger partial charge in [0.15, 0.2) is 6.61 Å². The van der Waals surface area contributed by atoms with Crippen LogP contribution >= 0.6 is 22.9 Å². The number of amides is 1. The number of hydrogen-bond acceptors (Lipinski definition) is 3. The van der Waals surface area contributed by atoms with E-state index >= 15 is 0 Å². The highest BCUT2D eigenvalue weighted by Crippen LogP contribution is 2.28. The molecule has 2 rings (SSSR count). The van der Waals surface area contributed by atoms with E-state index < -0.39 is 18.7 Å². The van der Waals surface area contributed by atoms with Crippen molar-refractivity contribution in [1.82, 2.24) is 0 Å². The molecular formula is C13H9ClF3NO2S. The standard InChI is InChI=1S/C13H9ClF3NO2S/c14-11-6-5-10(21-11)12(19)18-8-3-1-2-4-9(8)20-7-13(15,16)17/h1-6H,7H2,(H,18,19). The lowest BCUT2D eigenvalue weighted by Crippen LogP contribution is -2.20. The lowest BCUT2D eigenvalue weighted by Gasteiger charge is -2.13. The molecule has 112 valence electrons. The molecule has 1 aromatic carbocycles. The number of hydrogen-bond donors (Lipinski definition) is 1. The van der Waals surface area contributed by atoms with Crippen LogP contribution in [0.1, 0.15) is 9.67 Å². The average molecular weight is 336 g/mol. The minimum Gasteiger partial charge on any atom is -0.482 e. The summed E-state index contributed by atoms with van der Waals surface area (Å²) in [6, 6.07) is 9.00. The Balaban J connectivity index is 2.11. The Morgan fingerprint density at radius 2 is 1.95 bits per heavy atom. The van der Waals surface area contributed by atoms with Crippen molar-refractivity contribution in [1.29, 1.82) is 0 Å². The molecule has 0 fully saturated rings. The Kier molecular flexibility index (Phi) is 4.74. The largest absolute Gasteiger partial charge is 0.482 e. The summed E-state index contributed by atoms with van der Waals surface area (Å²) < 4.78 is 41.7. The van der Waals surface area contributed by atoms with Gasteiger partial charge in [-0.15, -0.1) is 11.3 Å². The van der Waals surface area contributed by atoms with Gasteiger partial charge in [0.05, 0.1) is 14.9 Å². The molecule has 0 spiro atoms. The van der Waals surface area contributed by atoms with Gasteiger partial charge in [0.25, 0.3) is 5.91 Å². The number of benzene rings is 1. The van der Waals surface area contributed by atoms with Gasteiger partial charge < -0.3 is 10.1 Å². The molecule has 0 saturated heterocycles. The number of thiophene rings is 1. The van der Waals surface area contributed by atoms with Crippen molar-refractivity contribution >= 4 is 34.5 Å². The van der Waals surface area contributed by atoms with Crippen LogP contribution < -0.4 is 10.1 Å². The summed E-state index contributed by atoms with van der Waals surface area (Å²) >= 11 is 6.80. The number of ether oxygens (including phenoxy) is 1. The number of halogens is 4. The Morgan fingerprint density at radius 1 is 1.24 bits per heavy atom. The molecule has 0 bridgehead atoms. The van der Waals surface area contributed by atoms with Crippen molar-refractivity contribution in [2.24, 2.45) is 0 Å². The van der Waals surface area contributed by atoms with Crippen LogP contribution in [-0.2, 0) is 0 Å². The van der Waals surface area contributed by atoms with E-state index in [0.29, 0.717) is 9.21 Å². The summed E-state index contributed by atoms with van der Waals surface area (Å²) in [5.74, 6) is -0.513. The van der Waals surface area contributed by atoms with E-state index in [-0.39, 0.29) is 11.4 Å². The fourth-order valence-corrected chi connectivity index (χ4v) is 2.41. The van der Waals surface area contributed by atoms with Crippen LogP contribution in [0.5, 0.6) is 5.75 Å². The van der Waals surface area contributed by atoms with Crippen molar-refractivity contribution in [2.45, 2.75) is 6.18 Å². The number of anilines is 1. The first kappa shape index (κ1) is 15.7. The second-order valence-electron chi connectivity index (χ2n) is 3.96. The van der Waals surface area contributed by atoms with E-state index in [2.05, 4.69) is 10.1 Å². The van der Waals surface area contributed by atoms with Crippen molar-refractivity contribution < 1.29 is 22.7 Å². The predicted octanol–water partition coefficient (Wildman–Crippen LogP) is 4.59. The molecule has 0 aliphatic carbocycles. The SMILES string of the molecule is O=C(Nc1ccccc1OCC(F)(F)F)c1ccc(Cl)s1. The molecular weight excluding hydrogens is 327 g/mol. The first-order valence-electron chi connectivity index (χ1n) is 5.70. The quantitative estimate of drug-likeness (QED) is 0.887. The second-order valence-corrected chi connectivity index (χ2v) is 5.67. The zero-order chi connectivity index (χ0) is 15.5. The van der Waals surface area contributed by atoms with Gasteiger partial charge in [-0.3, -0.25) is 4.79 Å². The molecule has 0 saturated carbocycles. The molecule has 0 aliphatic rings. The normalized spacial score (nSPS) is 11.2. The summed E-state index contributed by atoms with van der Waals surface area (Å²) in [5, 5.41) is 2.50. The smallest absolute Gasteiger partial charge is 0.422 e. The van der Waals surface area contributed by atoms with E-state index in [4.69, 9.17) is 11.6 Å². The van der Waals surface area contributed by atoms with Crippen molar-refractivity contribution in [2.75, 3.05) is 11.9 Å². The van der Waals surface area contributed by atoms with Gasteiger partial charge >= 0.3 is 6.18 Å². The second kappa shape index (κ2) is 6.36. The number of carbonyl (C=O) groups is 1. The number of alkyl halides is 3. The molecule has 0 unspecified atom stereocenters. The monoisotopic (exact) mass is 335 g/mol. The zero-order valence-electron chi connectivity index (χ0n) is 10.4. The molecule has 0 aliphatic heterocycles. The highest BCUT2D eigenvalue weighted by molar-refractivity contribution is 7.18. The minimum absolute atomic E-state index is 0.0502. The van der Waals surface area contributed by atoms with Gasteiger partial charge in [-0.25, -0.2) is 0 Å². The Bertz CT molecular complexity index is 642. The summed E-state index contributed by atoms with van der Waals surface area (Å²) in [6.07, 6.45) is -4.45. The molecule has 2 aromatic rings. The highest BCUT2D eigenvalue weighted by Gasteiger charge is 2.28. The molecule has 0 atom stereocenters. The third-order valence-corrected chi connectivity index (χ3v) is 3.55. The van der Waals surface area contributed by atoms with Crippen LogP contribution in [0, 0.1) is 0 Å². The Hall–Kier alpha value is -1.73. The molecule has 1 heterocycles. The lowest BCUT2D eigenvalue weighted by atomic mass is 10.3. The first-order chi connectivity index (χ1) is 9.85. The van der Waals surface area contributed by atoms with E-state index in [0.717, 1.165) is 11.3 Å². The van der Waals surface area contributed by atoms with Gasteiger partial charge in [0, 0.05) is 0 Å². The Labute approximate surface area is 127 Å². The van der Waals surface area contributed by atoms with Gasteiger partial charge in [0.1, 0.15) is 5.75 Å². The van der Waals surface area contributed by atoms with Gasteiger partial charge in [0.2, 0.25) is 0 Å². The van der Waals surface area contributed by atoms with E-state index in [1.165, 1.54) is 24.3 Å². The molecule has 1 aromatic heterocycles. The van der Waals surface area contributed by atoms with Crippen molar-refractivity contribution in [3.05, 3.63) is 45.6 Å². The maximum absolute atomic E-state index is 12.2. The fourth-order valence-electron chi connectivity index (χ4n) is 1.48. The minimum atomic E-state index is -4.45. The number of rotatable bonds is 4. The maximum atomic E-state index is 12.2. The van der Waals surface area contributed by atoms with E-state index in [1.807, 2.05) is 0 Å². The molecule has 1 N–H and O–H groups in total. The molecule has 21 heavy (non-hydrogen) atoms. The fraction of sp³-hybridized carbons (Fsp3) is 0.154. The Morgan fingerprint density at radius 3 is 2.57 bits per heavy atom. The summed E-state index contributed by atoms with van der Waals surface area (Å²) in [4.78, 5) is 12.3. The zero-order valence-corrected chi connectivity index (χ0v) is 12.0. The molecule has 8 heteroatoms. The van der Waals surface area contributed by atoms with Crippen LogP contribution in [0.15, 0.2) is 36.4 Å². The van der Waals surface area contributed by atoms with Crippen molar-refractivity contribution in [3.8, 4) is 5.75 Å². The first-order valence-corrected chi connectivity index (χ1v) is 6.90. The number of para-hydroxylation sites is 2. The number of nitrogens with one attached hydrogen (secondary N) is 1. The number of carbonyl (C=O) groups excluding carboxylic acids is 1. The third kappa shape index (κ3) is 4.64. The van der Waals surface area contributed by atoms with Crippen LogP contribution in [0.25, 0.3) is 0 Å². The molecule has 3 nitrogen and oxygen atoms in total. The van der Waals surface area contributed by atoms with Crippen LogP contribution in [-0.4, -0.2) is 18.7 Å². The maximum Gasteiger partial charge on any atom is 0.422 e. The lowest BCUT2D eigenvalue weighted by molar-refractivity contribution is -0.153.